The number of hydrogen-bond donors (Lipinski definition) is 0. The fraction of sp³-hybridized carbons (Fsp3) is 0.440. The van der Waals surface area contributed by atoms with Crippen LogP contribution in [0.2, 0.25) is 0 Å². The van der Waals surface area contributed by atoms with Gasteiger partial charge in [-0.2, -0.15) is 5.26 Å². The van der Waals surface area contributed by atoms with Crippen LogP contribution in [0.15, 0.2) is 28.7 Å². The second kappa shape index (κ2) is 8.37. The molecule has 0 unspecified atom stereocenters. The van der Waals surface area contributed by atoms with Crippen molar-refractivity contribution in [2.75, 3.05) is 0 Å². The Morgan fingerprint density at radius 1 is 1.07 bits per heavy atom. The van der Waals surface area contributed by atoms with Crippen molar-refractivity contribution in [1.29, 1.82) is 5.26 Å². The van der Waals surface area contributed by atoms with Crippen molar-refractivity contribution in [3.63, 3.8) is 0 Å². The van der Waals surface area contributed by atoms with E-state index in [2.05, 4.69) is 11.1 Å². The van der Waals surface area contributed by atoms with Crippen LogP contribution in [-0.2, 0) is 0 Å². The standard InChI is InChI=1S/C25H27FN2O/c1-16-10-9-13-19(14-16)21-17(2)20(15-27)23-24(22(21)26)29-25(28-23)18-11-7-5-3-4-6-8-12-18/h9-10,13-14,18H,3-8,11-12H2,1-2H3. The molecule has 1 fully saturated rings. The van der Waals surface area contributed by atoms with Gasteiger partial charge in [-0.15, -0.1) is 0 Å². The SMILES string of the molecule is Cc1cccc(-c2c(C)c(C#N)c3nc(C4CCCCCCCC4)oc3c2F)c1. The molecule has 1 aliphatic carbocycles. The van der Waals surface area contributed by atoms with Gasteiger partial charge in [0, 0.05) is 11.5 Å². The zero-order valence-electron chi connectivity index (χ0n) is 17.2. The lowest BCUT2D eigenvalue weighted by molar-refractivity contribution is 0.415. The summed E-state index contributed by atoms with van der Waals surface area (Å²) in [6.07, 6.45) is 9.34. The molecule has 0 saturated heterocycles. The van der Waals surface area contributed by atoms with E-state index >= 15 is 4.39 Å². The van der Waals surface area contributed by atoms with Crippen LogP contribution in [0.3, 0.4) is 0 Å². The average molecular weight is 391 g/mol. The molecule has 1 aliphatic rings. The van der Waals surface area contributed by atoms with Crippen LogP contribution in [0.5, 0.6) is 0 Å². The van der Waals surface area contributed by atoms with Crippen molar-refractivity contribution in [1.82, 2.24) is 4.98 Å². The predicted octanol–water partition coefficient (Wildman–Crippen LogP) is 7.34. The van der Waals surface area contributed by atoms with E-state index in [-0.39, 0.29) is 11.5 Å². The van der Waals surface area contributed by atoms with Crippen molar-refractivity contribution in [2.24, 2.45) is 0 Å². The first kappa shape index (κ1) is 19.6. The van der Waals surface area contributed by atoms with E-state index in [1.807, 2.05) is 31.2 Å². The van der Waals surface area contributed by atoms with Crippen LogP contribution in [0.25, 0.3) is 22.2 Å². The van der Waals surface area contributed by atoms with Crippen molar-refractivity contribution < 1.29 is 8.81 Å². The van der Waals surface area contributed by atoms with Gasteiger partial charge in [0.25, 0.3) is 0 Å². The topological polar surface area (TPSA) is 49.8 Å². The zero-order valence-corrected chi connectivity index (χ0v) is 17.2. The Morgan fingerprint density at radius 3 is 2.41 bits per heavy atom. The van der Waals surface area contributed by atoms with Crippen LogP contribution in [-0.4, -0.2) is 4.98 Å². The lowest BCUT2D eigenvalue weighted by Crippen LogP contribution is -1.99. The van der Waals surface area contributed by atoms with Crippen molar-refractivity contribution >= 4 is 11.1 Å². The van der Waals surface area contributed by atoms with Gasteiger partial charge in [0.2, 0.25) is 0 Å². The third-order valence-electron chi connectivity index (χ3n) is 6.17. The summed E-state index contributed by atoms with van der Waals surface area (Å²) in [4.78, 5) is 4.65. The Labute approximate surface area is 171 Å². The smallest absolute Gasteiger partial charge is 0.198 e. The monoisotopic (exact) mass is 390 g/mol. The minimum Gasteiger partial charge on any atom is -0.437 e. The van der Waals surface area contributed by atoms with Crippen LogP contribution in [0.4, 0.5) is 4.39 Å². The molecule has 1 saturated carbocycles. The molecule has 0 aliphatic heterocycles. The van der Waals surface area contributed by atoms with Gasteiger partial charge in [-0.05, 0) is 37.8 Å². The Kier molecular flexibility index (Phi) is 5.67. The summed E-state index contributed by atoms with van der Waals surface area (Å²) in [6.45, 7) is 3.78. The van der Waals surface area contributed by atoms with Gasteiger partial charge in [0.1, 0.15) is 11.6 Å². The molecule has 2 aromatic carbocycles. The van der Waals surface area contributed by atoms with Gasteiger partial charge >= 0.3 is 0 Å². The number of nitrogens with zero attached hydrogens (tertiary/aromatic N) is 2. The first-order chi connectivity index (χ1) is 14.1. The second-order valence-corrected chi connectivity index (χ2v) is 8.30. The number of fused-ring (bicyclic) bond motifs is 1. The average Bonchev–Trinajstić information content (AvgIpc) is 3.18. The van der Waals surface area contributed by atoms with E-state index in [1.165, 1.54) is 25.7 Å². The third-order valence-corrected chi connectivity index (χ3v) is 6.17. The fourth-order valence-corrected chi connectivity index (χ4v) is 4.57. The van der Waals surface area contributed by atoms with Crippen LogP contribution < -0.4 is 0 Å². The van der Waals surface area contributed by atoms with Gasteiger partial charge in [-0.1, -0.05) is 68.4 Å². The summed E-state index contributed by atoms with van der Waals surface area (Å²) in [6, 6.07) is 9.95. The minimum atomic E-state index is -0.413. The lowest BCUT2D eigenvalue weighted by atomic mass is 9.94. The fourth-order valence-electron chi connectivity index (χ4n) is 4.57. The van der Waals surface area contributed by atoms with E-state index in [0.29, 0.717) is 28.1 Å². The second-order valence-electron chi connectivity index (χ2n) is 8.30. The van der Waals surface area contributed by atoms with Crippen LogP contribution in [0, 0.1) is 31.0 Å². The number of oxazole rings is 1. The molecule has 1 aromatic heterocycles. The molecular formula is C25H27FN2O. The zero-order chi connectivity index (χ0) is 20.4. The number of halogens is 1. The molecule has 0 atom stereocenters. The van der Waals surface area contributed by atoms with Gasteiger partial charge in [-0.3, -0.25) is 0 Å². The number of aromatic nitrogens is 1. The van der Waals surface area contributed by atoms with E-state index in [9.17, 15) is 5.26 Å². The molecule has 150 valence electrons. The van der Waals surface area contributed by atoms with E-state index in [1.54, 1.807) is 6.92 Å². The highest BCUT2D eigenvalue weighted by atomic mass is 19.1. The van der Waals surface area contributed by atoms with Gasteiger partial charge in [0.05, 0.1) is 5.56 Å². The normalized spacial score (nSPS) is 16.2. The highest BCUT2D eigenvalue weighted by molar-refractivity contribution is 5.89. The Balaban J connectivity index is 1.85. The molecule has 1 heterocycles. The van der Waals surface area contributed by atoms with E-state index < -0.39 is 5.82 Å². The molecule has 0 amide bonds. The van der Waals surface area contributed by atoms with Crippen LogP contribution >= 0.6 is 0 Å². The number of aryl methyl sites for hydroxylation is 1. The Morgan fingerprint density at radius 2 is 1.76 bits per heavy atom. The summed E-state index contributed by atoms with van der Waals surface area (Å²) in [5.74, 6) is 0.385. The highest BCUT2D eigenvalue weighted by Gasteiger charge is 2.26. The molecular weight excluding hydrogens is 363 g/mol. The molecule has 4 heteroatoms. The quantitative estimate of drug-likeness (QED) is 0.460. The van der Waals surface area contributed by atoms with E-state index in [4.69, 9.17) is 4.42 Å². The van der Waals surface area contributed by atoms with Crippen molar-refractivity contribution in [3.8, 4) is 17.2 Å². The van der Waals surface area contributed by atoms with Gasteiger partial charge < -0.3 is 4.42 Å². The number of rotatable bonds is 2. The molecule has 0 N–H and O–H groups in total. The predicted molar refractivity (Wildman–Crippen MR) is 113 cm³/mol. The van der Waals surface area contributed by atoms with Gasteiger partial charge in [-0.25, -0.2) is 9.37 Å². The summed E-state index contributed by atoms with van der Waals surface area (Å²) in [5, 5.41) is 9.82. The Hall–Kier alpha value is -2.67. The molecule has 0 radical (unpaired) electrons. The Bertz CT molecular complexity index is 1070. The lowest BCUT2D eigenvalue weighted by Gasteiger charge is -2.11. The molecule has 4 rings (SSSR count). The number of hydrogen-bond acceptors (Lipinski definition) is 3. The maximum absolute atomic E-state index is 15.6. The minimum absolute atomic E-state index is 0.124. The molecule has 0 bridgehead atoms. The summed E-state index contributed by atoms with van der Waals surface area (Å²) in [5.41, 5.74) is 3.78. The largest absolute Gasteiger partial charge is 0.437 e. The van der Waals surface area contributed by atoms with Crippen LogP contribution in [0.1, 0.15) is 79.9 Å². The number of nitriles is 1. The maximum Gasteiger partial charge on any atom is 0.198 e. The summed E-state index contributed by atoms with van der Waals surface area (Å²) >= 11 is 0. The maximum atomic E-state index is 15.6. The first-order valence-electron chi connectivity index (χ1n) is 10.7. The highest BCUT2D eigenvalue weighted by Crippen LogP contribution is 2.38. The molecule has 3 aromatic rings. The van der Waals surface area contributed by atoms with E-state index in [0.717, 1.165) is 36.8 Å². The van der Waals surface area contributed by atoms with Crippen molar-refractivity contribution in [2.45, 2.75) is 71.1 Å². The third kappa shape index (κ3) is 3.79. The number of benzene rings is 2. The molecule has 3 nitrogen and oxygen atoms in total. The summed E-state index contributed by atoms with van der Waals surface area (Å²) < 4.78 is 21.6. The molecule has 0 spiro atoms. The first-order valence-corrected chi connectivity index (χ1v) is 10.7. The summed E-state index contributed by atoms with van der Waals surface area (Å²) in [7, 11) is 0. The molecule has 29 heavy (non-hydrogen) atoms. The van der Waals surface area contributed by atoms with Crippen molar-refractivity contribution in [3.05, 3.63) is 52.7 Å². The van der Waals surface area contributed by atoms with Gasteiger partial charge in [0.15, 0.2) is 17.3 Å².